The largest absolute Gasteiger partial charge is 0.497 e. The zero-order valence-electron chi connectivity index (χ0n) is 13.6. The fraction of sp³-hybridized carbons (Fsp3) is 0.647. The first-order chi connectivity index (χ1) is 9.98. The van der Waals surface area contributed by atoms with E-state index >= 15 is 0 Å². The van der Waals surface area contributed by atoms with Crippen molar-refractivity contribution in [2.45, 2.75) is 32.3 Å². The lowest BCUT2D eigenvalue weighted by atomic mass is 9.83. The zero-order valence-corrected chi connectivity index (χ0v) is 13.6. The van der Waals surface area contributed by atoms with Gasteiger partial charge in [0.2, 0.25) is 0 Å². The number of aliphatic hydroxyl groups is 1. The molecule has 0 atom stereocenters. The van der Waals surface area contributed by atoms with Gasteiger partial charge in [0, 0.05) is 31.3 Å². The Bertz CT molecular complexity index is 465. The molecular weight excluding hydrogens is 266 g/mol. The third-order valence-corrected chi connectivity index (χ3v) is 4.22. The molecule has 1 aliphatic heterocycles. The number of rotatable bonds is 5. The van der Waals surface area contributed by atoms with Gasteiger partial charge in [0.15, 0.2) is 0 Å². The zero-order chi connectivity index (χ0) is 15.5. The van der Waals surface area contributed by atoms with Crippen molar-refractivity contribution in [2.24, 2.45) is 5.92 Å². The molecule has 0 bridgehead atoms. The first-order valence-corrected chi connectivity index (χ1v) is 7.66. The lowest BCUT2D eigenvalue weighted by Gasteiger charge is -2.39. The molecule has 1 aromatic rings. The number of ether oxygens (including phenoxy) is 2. The van der Waals surface area contributed by atoms with Crippen LogP contribution in [0.4, 0.5) is 0 Å². The highest BCUT2D eigenvalue weighted by atomic mass is 16.5. The average molecular weight is 293 g/mol. The van der Waals surface area contributed by atoms with Crippen LogP contribution in [0.5, 0.6) is 11.5 Å². The Morgan fingerprint density at radius 2 is 1.86 bits per heavy atom. The van der Waals surface area contributed by atoms with Crippen LogP contribution in [-0.4, -0.2) is 43.9 Å². The van der Waals surface area contributed by atoms with Gasteiger partial charge in [-0.05, 0) is 30.9 Å². The van der Waals surface area contributed by atoms with Gasteiger partial charge < -0.3 is 19.5 Å². The Morgan fingerprint density at radius 3 is 2.38 bits per heavy atom. The Labute approximate surface area is 127 Å². The van der Waals surface area contributed by atoms with Crippen molar-refractivity contribution in [3.63, 3.8) is 0 Å². The fourth-order valence-corrected chi connectivity index (χ4v) is 3.07. The van der Waals surface area contributed by atoms with Crippen LogP contribution < -0.4 is 9.47 Å². The normalized spacial score (nSPS) is 18.8. The maximum absolute atomic E-state index is 11.0. The SMILES string of the molecule is COc1ccc(C2(O)CCN(CC(C)C)CC2)c(OC)c1. The maximum atomic E-state index is 11.0. The third-order valence-electron chi connectivity index (χ3n) is 4.22. The molecule has 0 unspecified atom stereocenters. The van der Waals surface area contributed by atoms with Gasteiger partial charge in [0.25, 0.3) is 0 Å². The Balaban J connectivity index is 2.14. The molecular formula is C17H27NO3. The molecule has 1 N–H and O–H groups in total. The van der Waals surface area contributed by atoms with Crippen molar-refractivity contribution in [1.29, 1.82) is 0 Å². The van der Waals surface area contributed by atoms with Gasteiger partial charge in [-0.15, -0.1) is 0 Å². The number of nitrogens with zero attached hydrogens (tertiary/aromatic N) is 1. The summed E-state index contributed by atoms with van der Waals surface area (Å²) in [6.07, 6.45) is 1.48. The summed E-state index contributed by atoms with van der Waals surface area (Å²) in [6.45, 7) is 7.39. The molecule has 1 aromatic carbocycles. The molecule has 118 valence electrons. The van der Waals surface area contributed by atoms with Crippen molar-refractivity contribution in [1.82, 2.24) is 4.90 Å². The molecule has 4 nitrogen and oxygen atoms in total. The molecule has 2 rings (SSSR count). The molecule has 0 aromatic heterocycles. The van der Waals surface area contributed by atoms with Crippen molar-refractivity contribution < 1.29 is 14.6 Å². The first kappa shape index (κ1) is 16.1. The minimum absolute atomic E-state index is 0.659. The minimum Gasteiger partial charge on any atom is -0.497 e. The van der Waals surface area contributed by atoms with E-state index in [2.05, 4.69) is 18.7 Å². The quantitative estimate of drug-likeness (QED) is 0.906. The van der Waals surface area contributed by atoms with E-state index in [0.29, 0.717) is 11.7 Å². The number of methoxy groups -OCH3 is 2. The Morgan fingerprint density at radius 1 is 1.19 bits per heavy atom. The molecule has 1 saturated heterocycles. The lowest BCUT2D eigenvalue weighted by Crippen LogP contribution is -2.43. The van der Waals surface area contributed by atoms with E-state index in [4.69, 9.17) is 9.47 Å². The summed E-state index contributed by atoms with van der Waals surface area (Å²) in [5, 5.41) is 11.0. The van der Waals surface area contributed by atoms with Gasteiger partial charge >= 0.3 is 0 Å². The van der Waals surface area contributed by atoms with E-state index in [9.17, 15) is 5.11 Å². The van der Waals surface area contributed by atoms with Crippen LogP contribution in [0.2, 0.25) is 0 Å². The lowest BCUT2D eigenvalue weighted by molar-refractivity contribution is -0.0294. The van der Waals surface area contributed by atoms with Crippen molar-refractivity contribution >= 4 is 0 Å². The van der Waals surface area contributed by atoms with Crippen LogP contribution in [0, 0.1) is 5.92 Å². The van der Waals surface area contributed by atoms with Crippen LogP contribution in [0.3, 0.4) is 0 Å². The van der Waals surface area contributed by atoms with Gasteiger partial charge in [-0.3, -0.25) is 0 Å². The number of hydrogen-bond acceptors (Lipinski definition) is 4. The van der Waals surface area contributed by atoms with E-state index in [0.717, 1.165) is 43.8 Å². The second kappa shape index (κ2) is 6.67. The summed E-state index contributed by atoms with van der Waals surface area (Å²) < 4.78 is 10.7. The summed E-state index contributed by atoms with van der Waals surface area (Å²) in [5.41, 5.74) is 0.0699. The number of piperidine rings is 1. The molecule has 0 spiro atoms. The monoisotopic (exact) mass is 293 g/mol. The molecule has 0 aliphatic carbocycles. The summed E-state index contributed by atoms with van der Waals surface area (Å²) in [5.74, 6) is 2.11. The molecule has 0 saturated carbocycles. The highest BCUT2D eigenvalue weighted by molar-refractivity contribution is 5.44. The van der Waals surface area contributed by atoms with E-state index in [-0.39, 0.29) is 0 Å². The predicted molar refractivity (Wildman–Crippen MR) is 84.0 cm³/mol. The smallest absolute Gasteiger partial charge is 0.128 e. The van der Waals surface area contributed by atoms with Gasteiger partial charge in [0.05, 0.1) is 19.8 Å². The second-order valence-corrected chi connectivity index (χ2v) is 6.29. The van der Waals surface area contributed by atoms with Crippen molar-refractivity contribution in [2.75, 3.05) is 33.9 Å². The highest BCUT2D eigenvalue weighted by Crippen LogP contribution is 2.39. The van der Waals surface area contributed by atoms with E-state index in [1.165, 1.54) is 0 Å². The minimum atomic E-state index is -0.801. The summed E-state index contributed by atoms with van der Waals surface area (Å²) in [4.78, 5) is 2.43. The van der Waals surface area contributed by atoms with Gasteiger partial charge in [-0.2, -0.15) is 0 Å². The second-order valence-electron chi connectivity index (χ2n) is 6.29. The fourth-order valence-electron chi connectivity index (χ4n) is 3.07. The molecule has 1 aliphatic rings. The summed E-state index contributed by atoms with van der Waals surface area (Å²) in [7, 11) is 3.27. The average Bonchev–Trinajstić information content (AvgIpc) is 2.48. The summed E-state index contributed by atoms with van der Waals surface area (Å²) in [6, 6.07) is 5.65. The standard InChI is InChI=1S/C17H27NO3/c1-13(2)12-18-9-7-17(19,8-10-18)15-6-5-14(20-3)11-16(15)21-4/h5-6,11,13,19H,7-10,12H2,1-4H3. The maximum Gasteiger partial charge on any atom is 0.128 e. The molecule has 4 heteroatoms. The summed E-state index contributed by atoms with van der Waals surface area (Å²) >= 11 is 0. The van der Waals surface area contributed by atoms with E-state index in [1.54, 1.807) is 14.2 Å². The topological polar surface area (TPSA) is 41.9 Å². The molecule has 1 heterocycles. The Hall–Kier alpha value is -1.26. The van der Waals surface area contributed by atoms with Gasteiger partial charge in [0.1, 0.15) is 11.5 Å². The first-order valence-electron chi connectivity index (χ1n) is 7.66. The molecule has 0 amide bonds. The van der Waals surface area contributed by atoms with Crippen LogP contribution in [0.25, 0.3) is 0 Å². The van der Waals surface area contributed by atoms with Crippen molar-refractivity contribution in [3.8, 4) is 11.5 Å². The predicted octanol–water partition coefficient (Wildman–Crippen LogP) is 2.64. The van der Waals surface area contributed by atoms with Crippen LogP contribution in [-0.2, 0) is 5.60 Å². The van der Waals surface area contributed by atoms with E-state index < -0.39 is 5.60 Å². The van der Waals surface area contributed by atoms with Crippen LogP contribution in [0.1, 0.15) is 32.3 Å². The highest BCUT2D eigenvalue weighted by Gasteiger charge is 2.36. The molecule has 1 fully saturated rings. The number of likely N-dealkylation sites (tertiary alicyclic amines) is 1. The Kier molecular flexibility index (Phi) is 5.12. The molecule has 21 heavy (non-hydrogen) atoms. The third kappa shape index (κ3) is 3.69. The number of hydrogen-bond donors (Lipinski definition) is 1. The van der Waals surface area contributed by atoms with Gasteiger partial charge in [-0.1, -0.05) is 13.8 Å². The molecule has 0 radical (unpaired) electrons. The van der Waals surface area contributed by atoms with Crippen LogP contribution in [0.15, 0.2) is 18.2 Å². The number of benzene rings is 1. The van der Waals surface area contributed by atoms with E-state index in [1.807, 2.05) is 18.2 Å². The van der Waals surface area contributed by atoms with Gasteiger partial charge in [-0.25, -0.2) is 0 Å². The van der Waals surface area contributed by atoms with Crippen LogP contribution >= 0.6 is 0 Å². The van der Waals surface area contributed by atoms with Crippen molar-refractivity contribution in [3.05, 3.63) is 23.8 Å².